The van der Waals surface area contributed by atoms with Gasteiger partial charge in [-0.05, 0) is 49.9 Å². The van der Waals surface area contributed by atoms with Crippen molar-refractivity contribution in [3.63, 3.8) is 0 Å². The number of hydrogen-bond acceptors (Lipinski definition) is 1. The lowest BCUT2D eigenvalue weighted by atomic mass is 9.55. The van der Waals surface area contributed by atoms with E-state index in [1.807, 2.05) is 0 Å². The fourth-order valence-electron chi connectivity index (χ4n) is 4.03. The molecular formula is C14H24O. The van der Waals surface area contributed by atoms with Crippen LogP contribution in [0.15, 0.2) is 0 Å². The summed E-state index contributed by atoms with van der Waals surface area (Å²) in [7, 11) is 0. The lowest BCUT2D eigenvalue weighted by molar-refractivity contribution is -0.124. The van der Waals surface area contributed by atoms with Gasteiger partial charge < -0.3 is 0 Å². The van der Waals surface area contributed by atoms with E-state index in [-0.39, 0.29) is 0 Å². The van der Waals surface area contributed by atoms with Crippen LogP contribution in [0, 0.1) is 23.2 Å². The van der Waals surface area contributed by atoms with Crippen LogP contribution in [0.5, 0.6) is 0 Å². The van der Waals surface area contributed by atoms with Gasteiger partial charge in [0, 0.05) is 5.92 Å². The first-order valence-electron chi connectivity index (χ1n) is 6.53. The van der Waals surface area contributed by atoms with E-state index in [2.05, 4.69) is 13.8 Å². The molecule has 2 rings (SSSR count). The topological polar surface area (TPSA) is 17.1 Å². The molecule has 1 heteroatoms. The van der Waals surface area contributed by atoms with Crippen molar-refractivity contribution in [2.24, 2.45) is 23.2 Å². The predicted molar refractivity (Wildman–Crippen MR) is 62.6 cm³/mol. The molecule has 2 aliphatic rings. The summed E-state index contributed by atoms with van der Waals surface area (Å²) in [6, 6.07) is 0. The minimum absolute atomic E-state index is 0.378. The van der Waals surface area contributed by atoms with Crippen LogP contribution in [0.1, 0.15) is 59.3 Å². The van der Waals surface area contributed by atoms with E-state index in [0.717, 1.165) is 18.3 Å². The summed E-state index contributed by atoms with van der Waals surface area (Å²) in [5.41, 5.74) is 0.559. The highest BCUT2D eigenvalue weighted by Gasteiger charge is 2.44. The number of Topliss-reactive ketones (excluding diaryl/α,β-unsaturated/α-hetero) is 1. The molecule has 4 atom stereocenters. The van der Waals surface area contributed by atoms with Crippen molar-refractivity contribution in [3.05, 3.63) is 0 Å². The van der Waals surface area contributed by atoms with Gasteiger partial charge in [0.25, 0.3) is 0 Å². The minimum atomic E-state index is 0.378. The smallest absolute Gasteiger partial charge is 0.132 e. The molecule has 0 aromatic rings. The van der Waals surface area contributed by atoms with Crippen LogP contribution in [-0.2, 0) is 4.79 Å². The summed E-state index contributed by atoms with van der Waals surface area (Å²) >= 11 is 0. The summed E-state index contributed by atoms with van der Waals surface area (Å²) in [5.74, 6) is 2.46. The van der Waals surface area contributed by atoms with Gasteiger partial charge in [-0.1, -0.05) is 26.7 Å². The maximum Gasteiger partial charge on any atom is 0.132 e. The number of hydrogen-bond donors (Lipinski definition) is 0. The zero-order valence-electron chi connectivity index (χ0n) is 10.4. The Morgan fingerprint density at radius 1 is 1.27 bits per heavy atom. The zero-order chi connectivity index (χ0) is 11.1. The minimum Gasteiger partial charge on any atom is -0.300 e. The molecule has 0 spiro atoms. The van der Waals surface area contributed by atoms with Gasteiger partial charge in [0.15, 0.2) is 0 Å². The highest BCUT2D eigenvalue weighted by Crippen LogP contribution is 2.53. The van der Waals surface area contributed by atoms with E-state index in [1.54, 1.807) is 6.92 Å². The molecular weight excluding hydrogens is 184 g/mol. The standard InChI is InChI=1S/C14H24O/c1-10-5-4-7-14(3)8-6-12(11(2)15)9-13(10)14/h10,12-13H,4-9H2,1-3H3/t10-,12+,13+,14-/m1/s1. The van der Waals surface area contributed by atoms with E-state index in [4.69, 9.17) is 0 Å². The summed E-state index contributed by atoms with van der Waals surface area (Å²) in [5, 5.41) is 0. The van der Waals surface area contributed by atoms with Crippen molar-refractivity contribution >= 4 is 5.78 Å². The van der Waals surface area contributed by atoms with Crippen molar-refractivity contribution in [2.45, 2.75) is 59.3 Å². The van der Waals surface area contributed by atoms with Gasteiger partial charge in [-0.15, -0.1) is 0 Å². The Hall–Kier alpha value is -0.330. The Morgan fingerprint density at radius 3 is 2.67 bits per heavy atom. The van der Waals surface area contributed by atoms with Gasteiger partial charge in [-0.2, -0.15) is 0 Å². The molecule has 0 aliphatic heterocycles. The third-order valence-corrected chi connectivity index (χ3v) is 5.17. The molecule has 86 valence electrons. The molecule has 1 nitrogen and oxygen atoms in total. The van der Waals surface area contributed by atoms with Crippen LogP contribution < -0.4 is 0 Å². The maximum absolute atomic E-state index is 11.5. The van der Waals surface area contributed by atoms with E-state index in [0.29, 0.717) is 17.1 Å². The van der Waals surface area contributed by atoms with Gasteiger partial charge in [-0.25, -0.2) is 0 Å². The first kappa shape index (κ1) is 11.2. The summed E-state index contributed by atoms with van der Waals surface area (Å²) in [6.07, 6.45) is 7.78. The van der Waals surface area contributed by atoms with Crippen LogP contribution in [-0.4, -0.2) is 5.78 Å². The third kappa shape index (κ3) is 1.98. The van der Waals surface area contributed by atoms with Crippen LogP contribution in [0.4, 0.5) is 0 Å². The Bertz CT molecular complexity index is 258. The van der Waals surface area contributed by atoms with Gasteiger partial charge in [-0.3, -0.25) is 4.79 Å². The Morgan fingerprint density at radius 2 is 2.00 bits per heavy atom. The first-order chi connectivity index (χ1) is 7.03. The van der Waals surface area contributed by atoms with E-state index in [9.17, 15) is 4.79 Å². The summed E-state index contributed by atoms with van der Waals surface area (Å²) < 4.78 is 0. The molecule has 2 fully saturated rings. The second-order valence-electron chi connectivity index (χ2n) is 6.21. The molecule has 0 radical (unpaired) electrons. The molecule has 0 amide bonds. The van der Waals surface area contributed by atoms with Gasteiger partial charge in [0.2, 0.25) is 0 Å². The molecule has 0 heterocycles. The van der Waals surface area contributed by atoms with E-state index < -0.39 is 0 Å². The van der Waals surface area contributed by atoms with Crippen molar-refractivity contribution in [3.8, 4) is 0 Å². The lowest BCUT2D eigenvalue weighted by Gasteiger charge is -2.50. The second kappa shape index (κ2) is 3.92. The number of carbonyl (C=O) groups is 1. The number of fused-ring (bicyclic) bond motifs is 1. The van der Waals surface area contributed by atoms with E-state index >= 15 is 0 Å². The van der Waals surface area contributed by atoms with Gasteiger partial charge >= 0.3 is 0 Å². The SMILES string of the molecule is CC(=O)[C@H]1CC[C@@]2(C)CCC[C@@H](C)[C@@H]2C1. The van der Waals surface area contributed by atoms with Crippen LogP contribution >= 0.6 is 0 Å². The lowest BCUT2D eigenvalue weighted by Crippen LogP contribution is -2.42. The molecule has 0 saturated heterocycles. The fraction of sp³-hybridized carbons (Fsp3) is 0.929. The third-order valence-electron chi connectivity index (χ3n) is 5.17. The van der Waals surface area contributed by atoms with Crippen molar-refractivity contribution < 1.29 is 4.79 Å². The summed E-state index contributed by atoms with van der Waals surface area (Å²) in [6.45, 7) is 6.63. The van der Waals surface area contributed by atoms with Crippen LogP contribution in [0.2, 0.25) is 0 Å². The fourth-order valence-corrected chi connectivity index (χ4v) is 4.03. The highest BCUT2D eigenvalue weighted by atomic mass is 16.1. The van der Waals surface area contributed by atoms with Crippen molar-refractivity contribution in [2.75, 3.05) is 0 Å². The monoisotopic (exact) mass is 208 g/mol. The quantitative estimate of drug-likeness (QED) is 0.640. The molecule has 0 aromatic heterocycles. The molecule has 2 aliphatic carbocycles. The molecule has 0 aromatic carbocycles. The number of carbonyl (C=O) groups excluding carboxylic acids is 1. The largest absolute Gasteiger partial charge is 0.300 e. The molecule has 0 unspecified atom stereocenters. The Kier molecular flexibility index (Phi) is 2.92. The Labute approximate surface area is 93.6 Å². The highest BCUT2D eigenvalue weighted by molar-refractivity contribution is 5.78. The van der Waals surface area contributed by atoms with Gasteiger partial charge in [0.05, 0.1) is 0 Å². The summed E-state index contributed by atoms with van der Waals surface area (Å²) in [4.78, 5) is 11.5. The number of rotatable bonds is 1. The normalized spacial score (nSPS) is 45.9. The maximum atomic E-state index is 11.5. The molecule has 0 bridgehead atoms. The van der Waals surface area contributed by atoms with Crippen molar-refractivity contribution in [1.29, 1.82) is 0 Å². The Balaban J connectivity index is 2.12. The van der Waals surface area contributed by atoms with E-state index in [1.165, 1.54) is 32.1 Å². The average molecular weight is 208 g/mol. The number of ketones is 1. The molecule has 15 heavy (non-hydrogen) atoms. The first-order valence-corrected chi connectivity index (χ1v) is 6.53. The van der Waals surface area contributed by atoms with Crippen molar-refractivity contribution in [1.82, 2.24) is 0 Å². The molecule has 2 saturated carbocycles. The second-order valence-corrected chi connectivity index (χ2v) is 6.21. The zero-order valence-corrected chi connectivity index (χ0v) is 10.4. The van der Waals surface area contributed by atoms with Crippen LogP contribution in [0.3, 0.4) is 0 Å². The van der Waals surface area contributed by atoms with Crippen LogP contribution in [0.25, 0.3) is 0 Å². The molecule has 0 N–H and O–H groups in total. The average Bonchev–Trinajstić information content (AvgIpc) is 2.17. The van der Waals surface area contributed by atoms with Gasteiger partial charge in [0.1, 0.15) is 5.78 Å². The predicted octanol–water partition coefficient (Wildman–Crippen LogP) is 3.82.